The first kappa shape index (κ1) is 17.5. The van der Waals surface area contributed by atoms with Crippen LogP contribution >= 0.6 is 0 Å². The zero-order valence-electron chi connectivity index (χ0n) is 15.0. The number of urea groups is 1. The van der Waals surface area contributed by atoms with Crippen molar-refractivity contribution in [3.8, 4) is 0 Å². The van der Waals surface area contributed by atoms with E-state index >= 15 is 0 Å². The first-order valence-corrected chi connectivity index (χ1v) is 9.31. The van der Waals surface area contributed by atoms with Crippen LogP contribution in [0.5, 0.6) is 0 Å². The van der Waals surface area contributed by atoms with Crippen LogP contribution in [0.2, 0.25) is 0 Å². The van der Waals surface area contributed by atoms with Crippen LogP contribution in [-0.2, 0) is 13.0 Å². The molecular weight excluding hydrogens is 312 g/mol. The lowest BCUT2D eigenvalue weighted by Crippen LogP contribution is -2.43. The molecule has 1 aromatic carbocycles. The van der Waals surface area contributed by atoms with Gasteiger partial charge in [0.1, 0.15) is 5.82 Å². The molecule has 1 fully saturated rings. The summed E-state index contributed by atoms with van der Waals surface area (Å²) in [4.78, 5) is 16.5. The summed E-state index contributed by atoms with van der Waals surface area (Å²) in [7, 11) is 0. The highest BCUT2D eigenvalue weighted by Gasteiger charge is 2.15. The second kappa shape index (κ2) is 8.70. The van der Waals surface area contributed by atoms with Crippen molar-refractivity contribution in [2.45, 2.75) is 58.0 Å². The molecule has 0 atom stereocenters. The van der Waals surface area contributed by atoms with E-state index in [-0.39, 0.29) is 6.03 Å². The summed E-state index contributed by atoms with van der Waals surface area (Å²) in [5.74, 6) is 1.01. The van der Waals surface area contributed by atoms with Crippen molar-refractivity contribution in [2.24, 2.45) is 0 Å². The van der Waals surface area contributed by atoms with Crippen LogP contribution in [0.3, 0.4) is 0 Å². The molecule has 25 heavy (non-hydrogen) atoms. The van der Waals surface area contributed by atoms with Crippen LogP contribution in [0.4, 0.5) is 4.79 Å². The van der Waals surface area contributed by atoms with Crippen LogP contribution in [0.15, 0.2) is 36.5 Å². The van der Waals surface area contributed by atoms with E-state index in [1.807, 2.05) is 12.3 Å². The Morgan fingerprint density at radius 1 is 1.20 bits per heavy atom. The molecule has 0 spiro atoms. The molecule has 5 heteroatoms. The van der Waals surface area contributed by atoms with Crippen molar-refractivity contribution in [1.82, 2.24) is 20.2 Å². The van der Waals surface area contributed by atoms with Gasteiger partial charge in [0.2, 0.25) is 0 Å². The van der Waals surface area contributed by atoms with Crippen molar-refractivity contribution in [3.63, 3.8) is 0 Å². The van der Waals surface area contributed by atoms with Crippen molar-refractivity contribution in [1.29, 1.82) is 0 Å². The molecule has 134 valence electrons. The van der Waals surface area contributed by atoms with Gasteiger partial charge in [-0.1, -0.05) is 49.6 Å². The molecule has 0 unspecified atom stereocenters. The van der Waals surface area contributed by atoms with Gasteiger partial charge in [0, 0.05) is 37.4 Å². The Morgan fingerprint density at radius 3 is 2.72 bits per heavy atom. The predicted octanol–water partition coefficient (Wildman–Crippen LogP) is 3.41. The number of carbonyl (C=O) groups excluding carboxylic acids is 1. The van der Waals surface area contributed by atoms with E-state index in [9.17, 15) is 4.79 Å². The highest BCUT2D eigenvalue weighted by Crippen LogP contribution is 2.17. The quantitative estimate of drug-likeness (QED) is 0.846. The average Bonchev–Trinajstić information content (AvgIpc) is 2.97. The number of nitrogens with zero attached hydrogens (tertiary/aromatic N) is 2. The van der Waals surface area contributed by atoms with E-state index in [1.54, 1.807) is 0 Å². The molecule has 5 nitrogen and oxygen atoms in total. The number of amides is 2. The standard InChI is InChI=1S/C20H28N4O/c1-16-14-22-19(24(16)15-17-8-4-2-5-9-17)12-13-21-20(25)23-18-10-6-3-7-11-18/h2,4-5,8-9,14,18H,3,6-7,10-13,15H2,1H3,(H2,21,23,25). The van der Waals surface area contributed by atoms with E-state index in [0.717, 1.165) is 37.3 Å². The van der Waals surface area contributed by atoms with Crippen LogP contribution < -0.4 is 10.6 Å². The van der Waals surface area contributed by atoms with E-state index in [4.69, 9.17) is 0 Å². The lowest BCUT2D eigenvalue weighted by atomic mass is 9.96. The monoisotopic (exact) mass is 340 g/mol. The molecule has 1 saturated carbocycles. The maximum absolute atomic E-state index is 12.0. The van der Waals surface area contributed by atoms with E-state index in [0.29, 0.717) is 12.6 Å². The van der Waals surface area contributed by atoms with Gasteiger partial charge in [0.05, 0.1) is 0 Å². The highest BCUT2D eigenvalue weighted by atomic mass is 16.2. The summed E-state index contributed by atoms with van der Waals surface area (Å²) in [6, 6.07) is 10.7. The fourth-order valence-corrected chi connectivity index (χ4v) is 3.46. The number of benzene rings is 1. The molecule has 0 bridgehead atoms. The Hall–Kier alpha value is -2.30. The zero-order valence-corrected chi connectivity index (χ0v) is 15.0. The number of aryl methyl sites for hydroxylation is 1. The van der Waals surface area contributed by atoms with Crippen molar-refractivity contribution in [3.05, 3.63) is 53.6 Å². The van der Waals surface area contributed by atoms with Gasteiger partial charge in [0.25, 0.3) is 0 Å². The molecule has 1 aliphatic carbocycles. The molecule has 1 aliphatic rings. The Labute approximate surface area is 149 Å². The lowest BCUT2D eigenvalue weighted by Gasteiger charge is -2.22. The third-order valence-corrected chi connectivity index (χ3v) is 4.90. The topological polar surface area (TPSA) is 59.0 Å². The molecular formula is C20H28N4O. The Balaban J connectivity index is 1.49. The molecule has 1 aromatic heterocycles. The third kappa shape index (κ3) is 5.08. The summed E-state index contributed by atoms with van der Waals surface area (Å²) in [6.07, 6.45) is 8.59. The zero-order chi connectivity index (χ0) is 17.5. The summed E-state index contributed by atoms with van der Waals surface area (Å²) in [5.41, 5.74) is 2.40. The van der Waals surface area contributed by atoms with E-state index in [1.165, 1.54) is 24.8 Å². The maximum Gasteiger partial charge on any atom is 0.315 e. The number of hydrogen-bond donors (Lipinski definition) is 2. The van der Waals surface area contributed by atoms with Gasteiger partial charge in [-0.25, -0.2) is 9.78 Å². The summed E-state index contributed by atoms with van der Waals surface area (Å²) in [5, 5.41) is 6.06. The minimum Gasteiger partial charge on any atom is -0.338 e. The summed E-state index contributed by atoms with van der Waals surface area (Å²) >= 11 is 0. The number of nitrogens with one attached hydrogen (secondary N) is 2. The Morgan fingerprint density at radius 2 is 1.96 bits per heavy atom. The van der Waals surface area contributed by atoms with Gasteiger partial charge in [-0.3, -0.25) is 0 Å². The third-order valence-electron chi connectivity index (χ3n) is 4.90. The fraction of sp³-hybridized carbons (Fsp3) is 0.500. The first-order chi connectivity index (χ1) is 12.2. The van der Waals surface area contributed by atoms with Gasteiger partial charge in [-0.15, -0.1) is 0 Å². The number of carbonyl (C=O) groups is 1. The molecule has 2 amide bonds. The first-order valence-electron chi connectivity index (χ1n) is 9.31. The molecule has 2 aromatic rings. The summed E-state index contributed by atoms with van der Waals surface area (Å²) < 4.78 is 2.22. The largest absolute Gasteiger partial charge is 0.338 e. The van der Waals surface area contributed by atoms with Crippen LogP contribution in [0.1, 0.15) is 49.2 Å². The summed E-state index contributed by atoms with van der Waals surface area (Å²) in [6.45, 7) is 3.49. The predicted molar refractivity (Wildman–Crippen MR) is 99.6 cm³/mol. The number of imidazole rings is 1. The SMILES string of the molecule is Cc1cnc(CCNC(=O)NC2CCCCC2)n1Cc1ccccc1. The minimum atomic E-state index is -0.0511. The van der Waals surface area contributed by atoms with Gasteiger partial charge in [0.15, 0.2) is 0 Å². The lowest BCUT2D eigenvalue weighted by molar-refractivity contribution is 0.232. The van der Waals surface area contributed by atoms with Gasteiger partial charge in [-0.05, 0) is 25.3 Å². The van der Waals surface area contributed by atoms with Crippen LogP contribution in [0, 0.1) is 6.92 Å². The van der Waals surface area contributed by atoms with Gasteiger partial charge in [-0.2, -0.15) is 0 Å². The second-order valence-corrected chi connectivity index (χ2v) is 6.87. The number of hydrogen-bond acceptors (Lipinski definition) is 2. The van der Waals surface area contributed by atoms with E-state index in [2.05, 4.69) is 51.4 Å². The maximum atomic E-state index is 12.0. The van der Waals surface area contributed by atoms with Crippen LogP contribution in [0.25, 0.3) is 0 Å². The van der Waals surface area contributed by atoms with E-state index < -0.39 is 0 Å². The minimum absolute atomic E-state index is 0.0511. The smallest absolute Gasteiger partial charge is 0.315 e. The van der Waals surface area contributed by atoms with Gasteiger partial charge >= 0.3 is 6.03 Å². The normalized spacial score (nSPS) is 15.1. The Bertz CT molecular complexity index is 674. The second-order valence-electron chi connectivity index (χ2n) is 6.87. The van der Waals surface area contributed by atoms with Crippen molar-refractivity contribution in [2.75, 3.05) is 6.54 Å². The van der Waals surface area contributed by atoms with Crippen molar-refractivity contribution < 1.29 is 4.79 Å². The number of aromatic nitrogens is 2. The molecule has 3 rings (SSSR count). The number of rotatable bonds is 6. The van der Waals surface area contributed by atoms with Crippen molar-refractivity contribution >= 4 is 6.03 Å². The molecule has 1 heterocycles. The average molecular weight is 340 g/mol. The Kier molecular flexibility index (Phi) is 6.09. The van der Waals surface area contributed by atoms with Crippen LogP contribution in [-0.4, -0.2) is 28.2 Å². The molecule has 0 saturated heterocycles. The fourth-order valence-electron chi connectivity index (χ4n) is 3.46. The molecule has 0 aliphatic heterocycles. The van der Waals surface area contributed by atoms with Gasteiger partial charge < -0.3 is 15.2 Å². The molecule has 2 N–H and O–H groups in total. The molecule has 0 radical (unpaired) electrons. The highest BCUT2D eigenvalue weighted by molar-refractivity contribution is 5.74.